The van der Waals surface area contributed by atoms with Crippen LogP contribution in [0.2, 0.25) is 0 Å². The fourth-order valence-electron chi connectivity index (χ4n) is 3.21. The highest BCUT2D eigenvalue weighted by molar-refractivity contribution is 5.96. The predicted molar refractivity (Wildman–Crippen MR) is 99.7 cm³/mol. The van der Waals surface area contributed by atoms with Crippen molar-refractivity contribution in [3.63, 3.8) is 0 Å². The topological polar surface area (TPSA) is 128 Å². The van der Waals surface area contributed by atoms with Gasteiger partial charge in [0.2, 0.25) is 5.91 Å². The zero-order valence-corrected chi connectivity index (χ0v) is 15.8. The van der Waals surface area contributed by atoms with E-state index in [2.05, 4.69) is 15.6 Å². The summed E-state index contributed by atoms with van der Waals surface area (Å²) in [5.41, 5.74) is 1.34. The molecule has 1 aromatic heterocycles. The molecule has 0 bridgehead atoms. The van der Waals surface area contributed by atoms with E-state index in [1.165, 1.54) is 0 Å². The lowest BCUT2D eigenvalue weighted by Gasteiger charge is -2.16. The van der Waals surface area contributed by atoms with Crippen molar-refractivity contribution in [2.45, 2.75) is 58.4 Å². The molecule has 148 valence electrons. The quantitative estimate of drug-likeness (QED) is 0.527. The molecule has 4 N–H and O–H groups in total. The van der Waals surface area contributed by atoms with Gasteiger partial charge in [0.05, 0.1) is 6.54 Å². The van der Waals surface area contributed by atoms with Gasteiger partial charge in [-0.3, -0.25) is 14.4 Å². The molecule has 1 atom stereocenters. The Balaban J connectivity index is 1.99. The zero-order valence-electron chi connectivity index (χ0n) is 15.8. The molecular weight excluding hydrogens is 350 g/mol. The summed E-state index contributed by atoms with van der Waals surface area (Å²) in [4.78, 5) is 50.4. The van der Waals surface area contributed by atoms with Crippen molar-refractivity contribution < 1.29 is 19.5 Å². The first-order chi connectivity index (χ1) is 12.8. The van der Waals surface area contributed by atoms with Gasteiger partial charge in [0.25, 0.3) is 11.5 Å². The molecule has 2 amide bonds. The van der Waals surface area contributed by atoms with Crippen LogP contribution in [0.15, 0.2) is 10.9 Å². The molecule has 8 nitrogen and oxygen atoms in total. The minimum Gasteiger partial charge on any atom is -0.480 e. The summed E-state index contributed by atoms with van der Waals surface area (Å²) in [5.74, 6) is -2.28. The van der Waals surface area contributed by atoms with Crippen LogP contribution in [-0.4, -0.2) is 40.5 Å². The van der Waals surface area contributed by atoms with E-state index in [0.717, 1.165) is 43.4 Å². The van der Waals surface area contributed by atoms with Crippen molar-refractivity contribution >= 4 is 17.8 Å². The van der Waals surface area contributed by atoms with E-state index in [1.807, 2.05) is 13.8 Å². The first kappa shape index (κ1) is 20.7. The Morgan fingerprint density at radius 3 is 2.56 bits per heavy atom. The third-order valence-electron chi connectivity index (χ3n) is 4.58. The maximum atomic E-state index is 12.3. The van der Waals surface area contributed by atoms with Gasteiger partial charge in [-0.05, 0) is 49.7 Å². The molecule has 1 aliphatic carbocycles. The molecule has 8 heteroatoms. The van der Waals surface area contributed by atoms with Crippen LogP contribution in [0, 0.1) is 5.92 Å². The Bertz CT molecular complexity index is 769. The summed E-state index contributed by atoms with van der Waals surface area (Å²) in [6.07, 6.45) is 4.99. The van der Waals surface area contributed by atoms with Crippen LogP contribution in [0.5, 0.6) is 0 Å². The zero-order chi connectivity index (χ0) is 20.0. The van der Waals surface area contributed by atoms with Crippen LogP contribution < -0.4 is 16.2 Å². The first-order valence-electron chi connectivity index (χ1n) is 9.33. The van der Waals surface area contributed by atoms with Gasteiger partial charge >= 0.3 is 5.97 Å². The standard InChI is InChI=1S/C19H27N3O5/c1-11(2)8-15(19(26)27)21-16(23)10-20-17(24)13-9-12-6-4-3-5-7-14(12)22-18(13)25/h9,11,15H,3-8,10H2,1-2H3,(H,20,24)(H,21,23)(H,22,25)(H,26,27)/t15-/m0/s1. The highest BCUT2D eigenvalue weighted by Gasteiger charge is 2.22. The fourth-order valence-corrected chi connectivity index (χ4v) is 3.21. The number of carbonyl (C=O) groups excluding carboxylic acids is 2. The third kappa shape index (κ3) is 5.94. The number of fused-ring (bicyclic) bond motifs is 1. The predicted octanol–water partition coefficient (Wildman–Crippen LogP) is 0.989. The number of H-pyrrole nitrogens is 1. The first-order valence-corrected chi connectivity index (χ1v) is 9.33. The number of aliphatic carboxylic acids is 1. The Morgan fingerprint density at radius 2 is 1.89 bits per heavy atom. The van der Waals surface area contributed by atoms with E-state index in [9.17, 15) is 19.2 Å². The summed E-state index contributed by atoms with van der Waals surface area (Å²) in [6, 6.07) is 0.594. The SMILES string of the molecule is CC(C)C[C@H](NC(=O)CNC(=O)c1cc2c([nH]c1=O)CCCCC2)C(=O)O. The van der Waals surface area contributed by atoms with E-state index < -0.39 is 35.9 Å². The minimum absolute atomic E-state index is 0.0274. The van der Waals surface area contributed by atoms with Gasteiger partial charge < -0.3 is 20.7 Å². The van der Waals surface area contributed by atoms with Crippen LogP contribution >= 0.6 is 0 Å². The van der Waals surface area contributed by atoms with Crippen LogP contribution in [0.3, 0.4) is 0 Å². The van der Waals surface area contributed by atoms with Crippen molar-refractivity contribution in [1.29, 1.82) is 0 Å². The molecule has 0 saturated carbocycles. The van der Waals surface area contributed by atoms with E-state index in [0.29, 0.717) is 6.42 Å². The van der Waals surface area contributed by atoms with Gasteiger partial charge in [-0.2, -0.15) is 0 Å². The smallest absolute Gasteiger partial charge is 0.326 e. The lowest BCUT2D eigenvalue weighted by Crippen LogP contribution is -2.46. The van der Waals surface area contributed by atoms with Crippen molar-refractivity contribution in [2.24, 2.45) is 5.92 Å². The molecule has 27 heavy (non-hydrogen) atoms. The molecule has 0 fully saturated rings. The Kier molecular flexibility index (Phi) is 7.15. The molecule has 0 saturated heterocycles. The number of pyridine rings is 1. The number of carboxylic acid groups (broad SMARTS) is 1. The number of hydrogen-bond donors (Lipinski definition) is 4. The maximum absolute atomic E-state index is 12.3. The number of carboxylic acids is 1. The molecule has 0 aliphatic heterocycles. The number of rotatable bonds is 7. The normalized spacial score (nSPS) is 14.8. The second-order valence-electron chi connectivity index (χ2n) is 7.35. The Hall–Kier alpha value is -2.64. The Labute approximate surface area is 157 Å². The largest absolute Gasteiger partial charge is 0.480 e. The molecule has 1 aromatic rings. The summed E-state index contributed by atoms with van der Waals surface area (Å²) < 4.78 is 0. The average Bonchev–Trinajstić information content (AvgIpc) is 2.82. The van der Waals surface area contributed by atoms with Crippen molar-refractivity contribution in [3.8, 4) is 0 Å². The molecule has 0 spiro atoms. The van der Waals surface area contributed by atoms with Gasteiger partial charge in [0.15, 0.2) is 0 Å². The molecule has 2 rings (SSSR count). The second kappa shape index (κ2) is 9.34. The van der Waals surface area contributed by atoms with E-state index >= 15 is 0 Å². The maximum Gasteiger partial charge on any atom is 0.326 e. The van der Waals surface area contributed by atoms with Crippen LogP contribution in [0.4, 0.5) is 0 Å². The lowest BCUT2D eigenvalue weighted by molar-refractivity contribution is -0.142. The number of amides is 2. The molecule has 1 heterocycles. The summed E-state index contributed by atoms with van der Waals surface area (Å²) in [5, 5.41) is 13.9. The van der Waals surface area contributed by atoms with Gasteiger partial charge in [-0.15, -0.1) is 0 Å². The highest BCUT2D eigenvalue weighted by Crippen LogP contribution is 2.18. The van der Waals surface area contributed by atoms with Gasteiger partial charge in [-0.1, -0.05) is 20.3 Å². The van der Waals surface area contributed by atoms with Crippen LogP contribution in [0.1, 0.15) is 61.1 Å². The molecule has 0 radical (unpaired) electrons. The molecule has 0 unspecified atom stereocenters. The van der Waals surface area contributed by atoms with Crippen LogP contribution in [-0.2, 0) is 22.4 Å². The molecular formula is C19H27N3O5. The summed E-state index contributed by atoms with van der Waals surface area (Å²) in [6.45, 7) is 3.32. The molecule has 1 aliphatic rings. The van der Waals surface area contributed by atoms with E-state index in [4.69, 9.17) is 5.11 Å². The third-order valence-corrected chi connectivity index (χ3v) is 4.58. The minimum atomic E-state index is -1.12. The number of aromatic nitrogens is 1. The van der Waals surface area contributed by atoms with E-state index in [1.54, 1.807) is 6.07 Å². The summed E-state index contributed by atoms with van der Waals surface area (Å²) in [7, 11) is 0. The van der Waals surface area contributed by atoms with Gasteiger partial charge in [0, 0.05) is 5.69 Å². The van der Waals surface area contributed by atoms with Crippen LogP contribution in [0.25, 0.3) is 0 Å². The van der Waals surface area contributed by atoms with Crippen molar-refractivity contribution in [2.75, 3.05) is 6.54 Å². The van der Waals surface area contributed by atoms with E-state index in [-0.39, 0.29) is 11.5 Å². The lowest BCUT2D eigenvalue weighted by atomic mass is 10.0. The number of hydrogen-bond acceptors (Lipinski definition) is 4. The number of aromatic amines is 1. The number of aryl methyl sites for hydroxylation is 2. The van der Waals surface area contributed by atoms with Gasteiger partial charge in [0.1, 0.15) is 11.6 Å². The fraction of sp³-hybridized carbons (Fsp3) is 0.579. The van der Waals surface area contributed by atoms with Crippen molar-refractivity contribution in [1.82, 2.24) is 15.6 Å². The monoisotopic (exact) mass is 377 g/mol. The number of carbonyl (C=O) groups is 3. The second-order valence-corrected chi connectivity index (χ2v) is 7.35. The van der Waals surface area contributed by atoms with Crippen molar-refractivity contribution in [3.05, 3.63) is 33.2 Å². The summed E-state index contributed by atoms with van der Waals surface area (Å²) >= 11 is 0. The highest BCUT2D eigenvalue weighted by atomic mass is 16.4. The average molecular weight is 377 g/mol. The molecule has 0 aromatic carbocycles. The van der Waals surface area contributed by atoms with Gasteiger partial charge in [-0.25, -0.2) is 4.79 Å². The number of nitrogens with one attached hydrogen (secondary N) is 3. The Morgan fingerprint density at radius 1 is 1.19 bits per heavy atom.